The van der Waals surface area contributed by atoms with Crippen molar-refractivity contribution in [2.75, 3.05) is 0 Å². The quantitative estimate of drug-likeness (QED) is 0.873. The minimum Gasteiger partial charge on any atom is -0.343 e. The van der Waals surface area contributed by atoms with Crippen molar-refractivity contribution in [3.8, 4) is 0 Å². The zero-order valence-corrected chi connectivity index (χ0v) is 14.7. The van der Waals surface area contributed by atoms with Crippen LogP contribution in [0.1, 0.15) is 60.4 Å². The monoisotopic (exact) mass is 345 g/mol. The summed E-state index contributed by atoms with van der Waals surface area (Å²) in [5.74, 6) is 0.277. The molecule has 1 fully saturated rings. The van der Waals surface area contributed by atoms with E-state index < -0.39 is 0 Å². The molecule has 5 nitrogen and oxygen atoms in total. The first-order valence-electron chi connectivity index (χ1n) is 8.61. The number of aromatic nitrogens is 2. The van der Waals surface area contributed by atoms with Crippen LogP contribution >= 0.6 is 11.3 Å². The second-order valence-corrected chi connectivity index (χ2v) is 7.27. The number of thiophene rings is 1. The highest BCUT2D eigenvalue weighted by Crippen LogP contribution is 2.37. The van der Waals surface area contributed by atoms with Crippen LogP contribution in [0.4, 0.5) is 0 Å². The van der Waals surface area contributed by atoms with Gasteiger partial charge in [0.15, 0.2) is 0 Å². The maximum Gasteiger partial charge on any atom is 0.272 e. The summed E-state index contributed by atoms with van der Waals surface area (Å²) in [5, 5.41) is 9.42. The molecule has 0 aliphatic heterocycles. The predicted molar refractivity (Wildman–Crippen MR) is 95.3 cm³/mol. The van der Waals surface area contributed by atoms with Gasteiger partial charge in [-0.15, -0.1) is 11.3 Å². The Morgan fingerprint density at radius 3 is 2.83 bits per heavy atom. The molecule has 0 bridgehead atoms. The third-order valence-corrected chi connectivity index (χ3v) is 5.50. The lowest BCUT2D eigenvalue weighted by atomic mass is 9.96. The first-order chi connectivity index (χ1) is 11.7. The molecule has 1 aliphatic carbocycles. The van der Waals surface area contributed by atoms with Gasteiger partial charge in [-0.3, -0.25) is 9.59 Å². The maximum atomic E-state index is 12.7. The molecule has 1 atom stereocenters. The van der Waals surface area contributed by atoms with E-state index in [2.05, 4.69) is 16.5 Å². The molecule has 0 aromatic carbocycles. The summed E-state index contributed by atoms with van der Waals surface area (Å²) in [5.41, 5.74) is 0.140. The fourth-order valence-corrected chi connectivity index (χ4v) is 4.21. The Labute approximate surface area is 145 Å². The number of amides is 1. The van der Waals surface area contributed by atoms with Gasteiger partial charge < -0.3 is 5.32 Å². The lowest BCUT2D eigenvalue weighted by Crippen LogP contribution is -2.34. The zero-order valence-electron chi connectivity index (χ0n) is 13.9. The number of carbonyl (C=O) groups is 1. The number of rotatable bonds is 6. The number of hydrogen-bond donors (Lipinski definition) is 1. The van der Waals surface area contributed by atoms with Gasteiger partial charge in [0.1, 0.15) is 5.69 Å². The van der Waals surface area contributed by atoms with Crippen molar-refractivity contribution in [2.24, 2.45) is 5.92 Å². The first-order valence-corrected chi connectivity index (χ1v) is 9.49. The van der Waals surface area contributed by atoms with Crippen molar-refractivity contribution < 1.29 is 4.79 Å². The van der Waals surface area contributed by atoms with Gasteiger partial charge in [-0.25, -0.2) is 4.68 Å². The Morgan fingerprint density at radius 1 is 1.38 bits per heavy atom. The van der Waals surface area contributed by atoms with E-state index in [4.69, 9.17) is 0 Å². The van der Waals surface area contributed by atoms with E-state index in [-0.39, 0.29) is 17.5 Å². The van der Waals surface area contributed by atoms with Crippen molar-refractivity contribution in [1.82, 2.24) is 15.1 Å². The van der Waals surface area contributed by atoms with Crippen molar-refractivity contribution >= 4 is 17.2 Å². The van der Waals surface area contributed by atoms with Crippen molar-refractivity contribution in [1.29, 1.82) is 0 Å². The molecule has 24 heavy (non-hydrogen) atoms. The van der Waals surface area contributed by atoms with E-state index in [1.54, 1.807) is 11.3 Å². The molecule has 0 radical (unpaired) electrons. The normalized spacial score (nSPS) is 16.2. The number of nitrogens with one attached hydrogen (secondary N) is 1. The summed E-state index contributed by atoms with van der Waals surface area (Å²) in [4.78, 5) is 25.7. The molecule has 1 aliphatic rings. The van der Waals surface area contributed by atoms with Crippen molar-refractivity contribution in [3.63, 3.8) is 0 Å². The van der Waals surface area contributed by atoms with Gasteiger partial charge in [0.05, 0.1) is 6.04 Å². The van der Waals surface area contributed by atoms with E-state index in [1.165, 1.54) is 34.5 Å². The summed E-state index contributed by atoms with van der Waals surface area (Å²) in [6.45, 7) is 2.50. The number of hydrogen-bond acceptors (Lipinski definition) is 4. The van der Waals surface area contributed by atoms with Gasteiger partial charge in [0.2, 0.25) is 0 Å². The third kappa shape index (κ3) is 3.75. The lowest BCUT2D eigenvalue weighted by Gasteiger charge is -2.23. The molecule has 0 saturated heterocycles. The molecule has 2 heterocycles. The highest BCUT2D eigenvalue weighted by atomic mass is 32.1. The van der Waals surface area contributed by atoms with Gasteiger partial charge in [0, 0.05) is 17.5 Å². The van der Waals surface area contributed by atoms with Crippen LogP contribution in [0.3, 0.4) is 0 Å². The first kappa shape index (κ1) is 16.9. The smallest absolute Gasteiger partial charge is 0.272 e. The summed E-state index contributed by atoms with van der Waals surface area (Å²) in [6.07, 6.45) is 5.54. The Kier molecular flexibility index (Phi) is 5.45. The number of nitrogens with zero attached hydrogens (tertiary/aromatic N) is 2. The lowest BCUT2D eigenvalue weighted by molar-refractivity contribution is 0.0915. The van der Waals surface area contributed by atoms with Crippen LogP contribution in [0.25, 0.3) is 0 Å². The van der Waals surface area contributed by atoms with Crippen LogP contribution in [0, 0.1) is 5.92 Å². The topological polar surface area (TPSA) is 64.0 Å². The van der Waals surface area contributed by atoms with Gasteiger partial charge >= 0.3 is 0 Å². The summed E-state index contributed by atoms with van der Waals surface area (Å²) in [6, 6.07) is 7.08. The fourth-order valence-electron chi connectivity index (χ4n) is 3.34. The number of carbonyl (C=O) groups excluding carboxylic acids is 1. The van der Waals surface area contributed by atoms with Gasteiger partial charge in [0.25, 0.3) is 11.5 Å². The summed E-state index contributed by atoms with van der Waals surface area (Å²) < 4.78 is 1.37. The highest BCUT2D eigenvalue weighted by Gasteiger charge is 2.29. The van der Waals surface area contributed by atoms with E-state index in [1.807, 2.05) is 18.4 Å². The average molecular weight is 345 g/mol. The summed E-state index contributed by atoms with van der Waals surface area (Å²) in [7, 11) is 0. The average Bonchev–Trinajstić information content (AvgIpc) is 3.28. The minimum absolute atomic E-state index is 0.0355. The van der Waals surface area contributed by atoms with Gasteiger partial charge in [-0.05, 0) is 42.7 Å². The SMILES string of the molecule is CCCn1nc(C(=O)N[C@@H](c2cccs2)C2CCCC2)ccc1=O. The molecule has 0 unspecified atom stereocenters. The Bertz CT molecular complexity index is 733. The summed E-state index contributed by atoms with van der Waals surface area (Å²) >= 11 is 1.68. The Morgan fingerprint density at radius 2 is 2.17 bits per heavy atom. The van der Waals surface area contributed by atoms with Crippen molar-refractivity contribution in [3.05, 3.63) is 50.6 Å². The molecular formula is C18H23N3O2S. The molecule has 1 saturated carbocycles. The molecule has 3 rings (SSSR count). The molecule has 2 aromatic rings. The molecule has 1 N–H and O–H groups in total. The van der Waals surface area contributed by atoms with Gasteiger partial charge in [-0.2, -0.15) is 5.10 Å². The van der Waals surface area contributed by atoms with Crippen LogP contribution < -0.4 is 10.9 Å². The molecular weight excluding hydrogens is 322 g/mol. The van der Waals surface area contributed by atoms with E-state index in [0.717, 1.165) is 19.3 Å². The largest absolute Gasteiger partial charge is 0.343 e. The standard InChI is InChI=1S/C18H23N3O2S/c1-2-11-21-16(22)10-9-14(20-21)18(23)19-17(13-6-3-4-7-13)15-8-5-12-24-15/h5,8-10,12-13,17H,2-4,6-7,11H2,1H3,(H,19,23)/t17-/m1/s1. The molecule has 0 spiro atoms. The van der Waals surface area contributed by atoms with Crippen molar-refractivity contribution in [2.45, 2.75) is 51.6 Å². The molecule has 128 valence electrons. The second kappa shape index (κ2) is 7.75. The fraction of sp³-hybridized carbons (Fsp3) is 0.500. The highest BCUT2D eigenvalue weighted by molar-refractivity contribution is 7.10. The zero-order chi connectivity index (χ0) is 16.9. The third-order valence-electron chi connectivity index (χ3n) is 4.54. The van der Waals surface area contributed by atoms with Crippen LogP contribution in [0.15, 0.2) is 34.4 Å². The van der Waals surface area contributed by atoms with Crippen LogP contribution in [-0.2, 0) is 6.54 Å². The minimum atomic E-state index is -0.204. The van der Waals surface area contributed by atoms with Crippen LogP contribution in [-0.4, -0.2) is 15.7 Å². The maximum absolute atomic E-state index is 12.7. The van der Waals surface area contributed by atoms with Gasteiger partial charge in [-0.1, -0.05) is 25.8 Å². The van der Waals surface area contributed by atoms with Crippen LogP contribution in [0.2, 0.25) is 0 Å². The molecule has 6 heteroatoms. The number of aryl methyl sites for hydroxylation is 1. The Hall–Kier alpha value is -1.95. The Balaban J connectivity index is 1.80. The second-order valence-electron chi connectivity index (χ2n) is 6.29. The molecule has 1 amide bonds. The predicted octanol–water partition coefficient (Wildman–Crippen LogP) is 3.38. The van der Waals surface area contributed by atoms with E-state index in [0.29, 0.717) is 18.2 Å². The van der Waals surface area contributed by atoms with Crippen LogP contribution in [0.5, 0.6) is 0 Å². The molecule has 2 aromatic heterocycles. The van der Waals surface area contributed by atoms with E-state index in [9.17, 15) is 9.59 Å². The van der Waals surface area contributed by atoms with E-state index >= 15 is 0 Å².